The standard InChI is InChI=1S/C22H25FN4OS/c1-15(2)14-27-20(18-11-7-8-12-19(18)23)25-26-22(27)29-16(3)21(28)24-13-17-9-5-4-6-10-17/h4-12,15-16H,13-14H2,1-3H3,(H,24,28). The van der Waals surface area contributed by atoms with Crippen LogP contribution in [0.1, 0.15) is 26.3 Å². The monoisotopic (exact) mass is 412 g/mol. The van der Waals surface area contributed by atoms with Crippen molar-refractivity contribution in [2.75, 3.05) is 0 Å². The fourth-order valence-corrected chi connectivity index (χ4v) is 3.77. The summed E-state index contributed by atoms with van der Waals surface area (Å²) in [6.07, 6.45) is 0. The molecule has 0 aliphatic rings. The van der Waals surface area contributed by atoms with Gasteiger partial charge in [0.1, 0.15) is 5.82 Å². The number of aromatic nitrogens is 3. The normalized spacial score (nSPS) is 12.2. The number of benzene rings is 2. The first-order valence-electron chi connectivity index (χ1n) is 9.62. The van der Waals surface area contributed by atoms with E-state index < -0.39 is 0 Å². The predicted octanol–water partition coefficient (Wildman–Crippen LogP) is 4.54. The molecule has 29 heavy (non-hydrogen) atoms. The van der Waals surface area contributed by atoms with E-state index in [1.165, 1.54) is 17.8 Å². The summed E-state index contributed by atoms with van der Waals surface area (Å²) in [6, 6.07) is 16.3. The summed E-state index contributed by atoms with van der Waals surface area (Å²) in [4.78, 5) is 12.5. The zero-order chi connectivity index (χ0) is 20.8. The zero-order valence-electron chi connectivity index (χ0n) is 16.8. The molecule has 3 aromatic rings. The zero-order valence-corrected chi connectivity index (χ0v) is 17.6. The average Bonchev–Trinajstić information content (AvgIpc) is 3.08. The molecule has 0 aliphatic carbocycles. The number of nitrogens with zero attached hydrogens (tertiary/aromatic N) is 3. The number of thioether (sulfide) groups is 1. The van der Waals surface area contributed by atoms with Crippen LogP contribution in [0.15, 0.2) is 59.8 Å². The summed E-state index contributed by atoms with van der Waals surface area (Å²) in [7, 11) is 0. The summed E-state index contributed by atoms with van der Waals surface area (Å²) in [5.74, 6) is 0.384. The SMILES string of the molecule is CC(C)Cn1c(SC(C)C(=O)NCc2ccccc2)nnc1-c1ccccc1F. The number of carbonyl (C=O) groups excluding carboxylic acids is 1. The van der Waals surface area contributed by atoms with Gasteiger partial charge < -0.3 is 9.88 Å². The third kappa shape index (κ3) is 5.44. The molecule has 7 heteroatoms. The summed E-state index contributed by atoms with van der Waals surface area (Å²) >= 11 is 1.33. The van der Waals surface area contributed by atoms with E-state index in [1.807, 2.05) is 41.8 Å². The summed E-state index contributed by atoms with van der Waals surface area (Å²) in [5.41, 5.74) is 1.46. The number of amides is 1. The molecule has 1 N–H and O–H groups in total. The van der Waals surface area contributed by atoms with Gasteiger partial charge in [0, 0.05) is 13.1 Å². The van der Waals surface area contributed by atoms with Gasteiger partial charge in [0.25, 0.3) is 0 Å². The highest BCUT2D eigenvalue weighted by Gasteiger charge is 2.22. The molecule has 1 aromatic heterocycles. The van der Waals surface area contributed by atoms with Crippen LogP contribution in [0.25, 0.3) is 11.4 Å². The Morgan fingerprint density at radius 2 is 1.76 bits per heavy atom. The van der Waals surface area contributed by atoms with Crippen LogP contribution >= 0.6 is 11.8 Å². The molecule has 1 heterocycles. The first-order valence-corrected chi connectivity index (χ1v) is 10.5. The number of hydrogen-bond donors (Lipinski definition) is 1. The molecule has 2 aromatic carbocycles. The summed E-state index contributed by atoms with van der Waals surface area (Å²) < 4.78 is 16.2. The molecule has 0 bridgehead atoms. The third-order valence-corrected chi connectivity index (χ3v) is 5.42. The third-order valence-electron chi connectivity index (χ3n) is 4.34. The van der Waals surface area contributed by atoms with Gasteiger partial charge in [-0.05, 0) is 30.5 Å². The smallest absolute Gasteiger partial charge is 0.233 e. The molecule has 0 spiro atoms. The second-order valence-corrected chi connectivity index (χ2v) is 8.56. The molecule has 152 valence electrons. The number of carbonyl (C=O) groups is 1. The Morgan fingerprint density at radius 3 is 2.45 bits per heavy atom. The van der Waals surface area contributed by atoms with Gasteiger partial charge in [-0.15, -0.1) is 10.2 Å². The van der Waals surface area contributed by atoms with E-state index in [1.54, 1.807) is 18.2 Å². The molecular weight excluding hydrogens is 387 g/mol. The molecule has 0 radical (unpaired) electrons. The fraction of sp³-hybridized carbons (Fsp3) is 0.318. The molecule has 3 rings (SSSR count). The lowest BCUT2D eigenvalue weighted by Gasteiger charge is -2.15. The van der Waals surface area contributed by atoms with Crippen molar-refractivity contribution in [2.24, 2.45) is 5.92 Å². The van der Waals surface area contributed by atoms with E-state index >= 15 is 0 Å². The Kier molecular flexibility index (Phi) is 7.04. The van der Waals surface area contributed by atoms with Gasteiger partial charge in [0.05, 0.1) is 10.8 Å². The van der Waals surface area contributed by atoms with Crippen LogP contribution in [0.5, 0.6) is 0 Å². The number of hydrogen-bond acceptors (Lipinski definition) is 4. The van der Waals surface area contributed by atoms with E-state index in [0.717, 1.165) is 5.56 Å². The highest BCUT2D eigenvalue weighted by atomic mass is 32.2. The van der Waals surface area contributed by atoms with Crippen LogP contribution < -0.4 is 5.32 Å². The minimum absolute atomic E-state index is 0.0783. The minimum Gasteiger partial charge on any atom is -0.351 e. The van der Waals surface area contributed by atoms with E-state index in [9.17, 15) is 9.18 Å². The van der Waals surface area contributed by atoms with E-state index in [4.69, 9.17) is 0 Å². The molecule has 1 atom stereocenters. The lowest BCUT2D eigenvalue weighted by atomic mass is 10.2. The number of halogens is 1. The summed E-state index contributed by atoms with van der Waals surface area (Å²) in [6.45, 7) is 7.11. The van der Waals surface area contributed by atoms with Crippen LogP contribution in [0.3, 0.4) is 0 Å². The Morgan fingerprint density at radius 1 is 1.07 bits per heavy atom. The second-order valence-electron chi connectivity index (χ2n) is 7.25. The van der Waals surface area contributed by atoms with Crippen molar-refractivity contribution >= 4 is 17.7 Å². The molecule has 1 unspecified atom stereocenters. The van der Waals surface area contributed by atoms with Crippen LogP contribution in [0.4, 0.5) is 4.39 Å². The quantitative estimate of drug-likeness (QED) is 0.552. The van der Waals surface area contributed by atoms with Crippen molar-refractivity contribution in [3.63, 3.8) is 0 Å². The first-order chi connectivity index (χ1) is 14.0. The summed E-state index contributed by atoms with van der Waals surface area (Å²) in [5, 5.41) is 11.7. The van der Waals surface area contributed by atoms with Crippen LogP contribution in [0.2, 0.25) is 0 Å². The molecule has 0 aliphatic heterocycles. The highest BCUT2D eigenvalue weighted by molar-refractivity contribution is 8.00. The van der Waals surface area contributed by atoms with Crippen molar-refractivity contribution < 1.29 is 9.18 Å². The molecule has 0 saturated heterocycles. The van der Waals surface area contributed by atoms with Gasteiger partial charge in [-0.25, -0.2) is 4.39 Å². The van der Waals surface area contributed by atoms with Gasteiger partial charge in [0.2, 0.25) is 5.91 Å². The van der Waals surface area contributed by atoms with Gasteiger partial charge in [0.15, 0.2) is 11.0 Å². The fourth-order valence-electron chi connectivity index (χ4n) is 2.89. The molecule has 0 saturated carbocycles. The Hall–Kier alpha value is -2.67. The van der Waals surface area contributed by atoms with Gasteiger partial charge in [-0.2, -0.15) is 0 Å². The Labute approximate surface area is 174 Å². The lowest BCUT2D eigenvalue weighted by Crippen LogP contribution is -2.30. The highest BCUT2D eigenvalue weighted by Crippen LogP contribution is 2.29. The van der Waals surface area contributed by atoms with Crippen molar-refractivity contribution in [1.29, 1.82) is 0 Å². The largest absolute Gasteiger partial charge is 0.351 e. The first kappa shape index (κ1) is 21.0. The molecular formula is C22H25FN4OS. The lowest BCUT2D eigenvalue weighted by molar-refractivity contribution is -0.120. The Balaban J connectivity index is 1.75. The van der Waals surface area contributed by atoms with Crippen molar-refractivity contribution in [3.8, 4) is 11.4 Å². The maximum Gasteiger partial charge on any atom is 0.233 e. The minimum atomic E-state index is -0.359. The second kappa shape index (κ2) is 9.69. The molecule has 5 nitrogen and oxygen atoms in total. The predicted molar refractivity (Wildman–Crippen MR) is 114 cm³/mol. The van der Waals surface area contributed by atoms with Gasteiger partial charge in [-0.1, -0.05) is 68.1 Å². The Bertz CT molecular complexity index is 958. The number of nitrogens with one attached hydrogen (secondary N) is 1. The van der Waals surface area contributed by atoms with Gasteiger partial charge >= 0.3 is 0 Å². The van der Waals surface area contributed by atoms with E-state index in [-0.39, 0.29) is 17.0 Å². The average molecular weight is 413 g/mol. The number of rotatable bonds is 8. The van der Waals surface area contributed by atoms with Crippen LogP contribution in [0, 0.1) is 11.7 Å². The maximum absolute atomic E-state index is 14.3. The van der Waals surface area contributed by atoms with Crippen molar-refractivity contribution in [3.05, 3.63) is 66.0 Å². The van der Waals surface area contributed by atoms with Gasteiger partial charge in [-0.3, -0.25) is 4.79 Å². The van der Waals surface area contributed by atoms with Crippen LogP contribution in [-0.4, -0.2) is 25.9 Å². The van der Waals surface area contributed by atoms with Crippen LogP contribution in [-0.2, 0) is 17.9 Å². The van der Waals surface area contributed by atoms with E-state index in [2.05, 4.69) is 29.4 Å². The maximum atomic E-state index is 14.3. The van der Waals surface area contributed by atoms with E-state index in [0.29, 0.717) is 35.6 Å². The molecule has 1 amide bonds. The van der Waals surface area contributed by atoms with Crippen molar-refractivity contribution in [2.45, 2.75) is 44.3 Å². The topological polar surface area (TPSA) is 59.8 Å². The molecule has 0 fully saturated rings. The van der Waals surface area contributed by atoms with Crippen molar-refractivity contribution in [1.82, 2.24) is 20.1 Å².